The van der Waals surface area contributed by atoms with Crippen molar-refractivity contribution in [3.63, 3.8) is 0 Å². The summed E-state index contributed by atoms with van der Waals surface area (Å²) < 4.78 is 0. The summed E-state index contributed by atoms with van der Waals surface area (Å²) in [6.45, 7) is 3.38. The van der Waals surface area contributed by atoms with Crippen molar-refractivity contribution in [3.8, 4) is 0 Å². The molecule has 0 unspecified atom stereocenters. The average molecular weight is 339 g/mol. The molecule has 0 saturated heterocycles. The van der Waals surface area contributed by atoms with Crippen molar-refractivity contribution in [2.45, 2.75) is 84.0 Å². The molecule has 2 heteroatoms. The molecule has 0 saturated carbocycles. The molecule has 0 fully saturated rings. The van der Waals surface area contributed by atoms with Crippen LogP contribution in [0.2, 0.25) is 0 Å². The number of anilines is 1. The molecule has 1 aliphatic carbocycles. The summed E-state index contributed by atoms with van der Waals surface area (Å²) in [7, 11) is 0. The van der Waals surface area contributed by atoms with Gasteiger partial charge in [-0.25, -0.2) is 0 Å². The van der Waals surface area contributed by atoms with Gasteiger partial charge in [0, 0.05) is 23.3 Å². The Morgan fingerprint density at radius 2 is 1.60 bits per heavy atom. The number of para-hydroxylation sites is 1. The van der Waals surface area contributed by atoms with Gasteiger partial charge in [-0.3, -0.25) is 4.98 Å². The van der Waals surface area contributed by atoms with Gasteiger partial charge >= 0.3 is 0 Å². The number of hydrogen-bond donors (Lipinski definition) is 1. The second kappa shape index (κ2) is 9.79. The van der Waals surface area contributed by atoms with Crippen LogP contribution in [0.25, 0.3) is 10.9 Å². The number of hydrogen-bond acceptors (Lipinski definition) is 2. The predicted molar refractivity (Wildman–Crippen MR) is 109 cm³/mol. The Labute approximate surface area is 153 Å². The predicted octanol–water partition coefficient (Wildman–Crippen LogP) is 6.67. The van der Waals surface area contributed by atoms with Crippen LogP contribution in [-0.4, -0.2) is 11.5 Å². The number of aromatic nitrogens is 1. The first kappa shape index (κ1) is 18.2. The van der Waals surface area contributed by atoms with Crippen LogP contribution < -0.4 is 5.32 Å². The molecule has 0 aliphatic heterocycles. The molecule has 1 aliphatic rings. The minimum absolute atomic E-state index is 1.09. The largest absolute Gasteiger partial charge is 0.384 e. The Balaban J connectivity index is 1.54. The van der Waals surface area contributed by atoms with Crippen molar-refractivity contribution in [3.05, 3.63) is 35.5 Å². The SMILES string of the molecule is CCCCCCCCCCNc1c2c(nc3ccccc13)CCCC2. The van der Waals surface area contributed by atoms with Gasteiger partial charge in [0.25, 0.3) is 0 Å². The number of fused-ring (bicyclic) bond motifs is 2. The van der Waals surface area contributed by atoms with Crippen LogP contribution in [0, 0.1) is 0 Å². The van der Waals surface area contributed by atoms with Gasteiger partial charge in [-0.2, -0.15) is 0 Å². The fraction of sp³-hybridized carbons (Fsp3) is 0.609. The normalized spacial score (nSPS) is 13.8. The summed E-state index contributed by atoms with van der Waals surface area (Å²) in [4.78, 5) is 4.93. The van der Waals surface area contributed by atoms with Crippen molar-refractivity contribution in [1.82, 2.24) is 4.98 Å². The highest BCUT2D eigenvalue weighted by Crippen LogP contribution is 2.33. The molecule has 3 rings (SSSR count). The molecule has 1 heterocycles. The maximum atomic E-state index is 4.93. The van der Waals surface area contributed by atoms with Crippen molar-refractivity contribution >= 4 is 16.6 Å². The van der Waals surface area contributed by atoms with E-state index < -0.39 is 0 Å². The van der Waals surface area contributed by atoms with Crippen LogP contribution in [-0.2, 0) is 12.8 Å². The molecule has 1 aromatic carbocycles. The van der Waals surface area contributed by atoms with Crippen molar-refractivity contribution < 1.29 is 0 Å². The van der Waals surface area contributed by atoms with Crippen LogP contribution in [0.15, 0.2) is 24.3 Å². The monoisotopic (exact) mass is 338 g/mol. The third-order valence-corrected chi connectivity index (χ3v) is 5.50. The molecule has 0 spiro atoms. The lowest BCUT2D eigenvalue weighted by molar-refractivity contribution is 0.581. The highest BCUT2D eigenvalue weighted by molar-refractivity contribution is 5.93. The van der Waals surface area contributed by atoms with Crippen LogP contribution in [0.3, 0.4) is 0 Å². The van der Waals surface area contributed by atoms with E-state index >= 15 is 0 Å². The Kier molecular flexibility index (Phi) is 7.14. The summed E-state index contributed by atoms with van der Waals surface area (Å²) in [5.41, 5.74) is 5.36. The van der Waals surface area contributed by atoms with Gasteiger partial charge < -0.3 is 5.32 Å². The summed E-state index contributed by atoms with van der Waals surface area (Å²) in [6.07, 6.45) is 15.9. The smallest absolute Gasteiger partial charge is 0.0726 e. The summed E-state index contributed by atoms with van der Waals surface area (Å²) in [5, 5.41) is 5.10. The molecular weight excluding hydrogens is 304 g/mol. The van der Waals surface area contributed by atoms with E-state index in [9.17, 15) is 0 Å². The third-order valence-electron chi connectivity index (χ3n) is 5.50. The molecule has 0 radical (unpaired) electrons. The Morgan fingerprint density at radius 1 is 0.880 bits per heavy atom. The van der Waals surface area contributed by atoms with Gasteiger partial charge in [0.1, 0.15) is 0 Å². The highest BCUT2D eigenvalue weighted by Gasteiger charge is 2.17. The standard InChI is InChI=1S/C23H34N2/c1-2-3-4-5-6-7-8-13-18-24-23-19-14-9-11-16-21(19)25-22-17-12-10-15-20(22)23/h9,11,14,16H,2-8,10,12-13,15,17-18H2,1H3,(H,24,25). The second-order valence-corrected chi connectivity index (χ2v) is 7.54. The fourth-order valence-electron chi connectivity index (χ4n) is 4.05. The molecule has 136 valence electrons. The topological polar surface area (TPSA) is 24.9 Å². The Bertz CT molecular complexity index is 662. The van der Waals surface area contributed by atoms with Crippen LogP contribution in [0.5, 0.6) is 0 Å². The van der Waals surface area contributed by atoms with Crippen molar-refractivity contribution in [2.24, 2.45) is 0 Å². The molecule has 0 atom stereocenters. The quantitative estimate of drug-likeness (QED) is 0.489. The van der Waals surface area contributed by atoms with Crippen LogP contribution >= 0.6 is 0 Å². The number of nitrogens with zero attached hydrogens (tertiary/aromatic N) is 1. The van der Waals surface area contributed by atoms with Crippen molar-refractivity contribution in [2.75, 3.05) is 11.9 Å². The number of unbranched alkanes of at least 4 members (excludes halogenated alkanes) is 7. The van der Waals surface area contributed by atoms with Crippen LogP contribution in [0.1, 0.15) is 82.4 Å². The molecule has 0 bridgehead atoms. The fourth-order valence-corrected chi connectivity index (χ4v) is 4.05. The van der Waals surface area contributed by atoms with Gasteiger partial charge in [0.15, 0.2) is 0 Å². The van der Waals surface area contributed by atoms with Gasteiger partial charge in [0.05, 0.1) is 5.52 Å². The van der Waals surface area contributed by atoms with E-state index in [1.54, 1.807) is 0 Å². The lowest BCUT2D eigenvalue weighted by Gasteiger charge is -2.21. The molecule has 25 heavy (non-hydrogen) atoms. The Hall–Kier alpha value is -1.57. The van der Waals surface area contributed by atoms with Gasteiger partial charge in [-0.05, 0) is 43.7 Å². The molecular formula is C23H34N2. The number of rotatable bonds is 10. The zero-order valence-electron chi connectivity index (χ0n) is 15.9. The zero-order chi connectivity index (χ0) is 17.3. The summed E-state index contributed by atoms with van der Waals surface area (Å²) >= 11 is 0. The minimum Gasteiger partial charge on any atom is -0.384 e. The van der Waals surface area contributed by atoms with E-state index in [2.05, 4.69) is 36.5 Å². The van der Waals surface area contributed by atoms with Crippen molar-refractivity contribution in [1.29, 1.82) is 0 Å². The second-order valence-electron chi connectivity index (χ2n) is 7.54. The number of benzene rings is 1. The third kappa shape index (κ3) is 4.96. The summed E-state index contributed by atoms with van der Waals surface area (Å²) in [5.74, 6) is 0. The van der Waals surface area contributed by atoms with E-state index in [0.717, 1.165) is 18.5 Å². The first-order valence-electron chi connectivity index (χ1n) is 10.5. The maximum absolute atomic E-state index is 4.93. The zero-order valence-corrected chi connectivity index (χ0v) is 15.9. The van der Waals surface area contributed by atoms with E-state index in [-0.39, 0.29) is 0 Å². The molecule has 0 amide bonds. The number of nitrogens with one attached hydrogen (secondary N) is 1. The van der Waals surface area contributed by atoms with Gasteiger partial charge in [-0.1, -0.05) is 70.1 Å². The average Bonchev–Trinajstić information content (AvgIpc) is 2.66. The first-order chi connectivity index (χ1) is 12.4. The Morgan fingerprint density at radius 3 is 2.44 bits per heavy atom. The number of aryl methyl sites for hydroxylation is 1. The molecule has 1 aromatic heterocycles. The van der Waals surface area contributed by atoms with E-state index in [1.165, 1.54) is 93.0 Å². The molecule has 1 N–H and O–H groups in total. The number of pyridine rings is 1. The lowest BCUT2D eigenvalue weighted by atomic mass is 9.92. The van der Waals surface area contributed by atoms with E-state index in [0.29, 0.717) is 0 Å². The van der Waals surface area contributed by atoms with Gasteiger partial charge in [0.2, 0.25) is 0 Å². The minimum atomic E-state index is 1.09. The first-order valence-corrected chi connectivity index (χ1v) is 10.5. The van der Waals surface area contributed by atoms with Gasteiger partial charge in [-0.15, -0.1) is 0 Å². The van der Waals surface area contributed by atoms with E-state index in [4.69, 9.17) is 4.98 Å². The molecule has 2 aromatic rings. The van der Waals surface area contributed by atoms with Crippen LogP contribution in [0.4, 0.5) is 5.69 Å². The molecule has 2 nitrogen and oxygen atoms in total. The summed E-state index contributed by atoms with van der Waals surface area (Å²) in [6, 6.07) is 8.63. The lowest BCUT2D eigenvalue weighted by Crippen LogP contribution is -2.12. The van der Waals surface area contributed by atoms with E-state index in [1.807, 2.05) is 0 Å². The highest BCUT2D eigenvalue weighted by atomic mass is 14.9. The maximum Gasteiger partial charge on any atom is 0.0726 e.